The monoisotopic (exact) mass is 373 g/mol. The first-order valence-corrected chi connectivity index (χ1v) is 8.49. The van der Waals surface area contributed by atoms with Crippen LogP contribution in [0.2, 0.25) is 5.15 Å². The number of hydrogen-bond donors (Lipinski definition) is 1. The van der Waals surface area contributed by atoms with Gasteiger partial charge >= 0.3 is 5.97 Å². The van der Waals surface area contributed by atoms with E-state index >= 15 is 0 Å². The third-order valence-corrected chi connectivity index (χ3v) is 4.49. The lowest BCUT2D eigenvalue weighted by Gasteiger charge is -2.12. The first-order valence-electron chi connectivity index (χ1n) is 8.11. The fraction of sp³-hybridized carbons (Fsp3) is 0.294. The molecule has 8 nitrogen and oxygen atoms in total. The normalized spacial score (nSPS) is 19.7. The largest absolute Gasteiger partial charge is 0.462 e. The van der Waals surface area contributed by atoms with Crippen molar-refractivity contribution in [3.8, 4) is 0 Å². The van der Waals surface area contributed by atoms with Crippen LogP contribution in [-0.2, 0) is 9.47 Å². The summed E-state index contributed by atoms with van der Waals surface area (Å²) in [5.74, 6) is -0.176. The molecule has 134 valence electrons. The Morgan fingerprint density at radius 3 is 2.96 bits per heavy atom. The molecule has 0 spiro atoms. The zero-order valence-electron chi connectivity index (χ0n) is 13.7. The molecule has 1 aliphatic heterocycles. The van der Waals surface area contributed by atoms with Crippen molar-refractivity contribution in [1.82, 2.24) is 19.5 Å². The van der Waals surface area contributed by atoms with Crippen molar-refractivity contribution in [2.24, 2.45) is 5.92 Å². The van der Waals surface area contributed by atoms with Crippen LogP contribution in [0.4, 0.5) is 5.95 Å². The molecule has 2 aromatic heterocycles. The highest BCUT2D eigenvalue weighted by Gasteiger charge is 2.29. The minimum Gasteiger partial charge on any atom is -0.462 e. The Morgan fingerprint density at radius 1 is 1.35 bits per heavy atom. The van der Waals surface area contributed by atoms with Crippen LogP contribution in [0.1, 0.15) is 23.0 Å². The summed E-state index contributed by atoms with van der Waals surface area (Å²) in [5.41, 5.74) is 7.20. The van der Waals surface area contributed by atoms with Gasteiger partial charge < -0.3 is 15.2 Å². The molecule has 1 fully saturated rings. The number of imidazole rings is 1. The van der Waals surface area contributed by atoms with Crippen LogP contribution in [-0.4, -0.2) is 38.7 Å². The number of nitrogens with zero attached hydrogens (tertiary/aromatic N) is 4. The second-order valence-corrected chi connectivity index (χ2v) is 6.41. The summed E-state index contributed by atoms with van der Waals surface area (Å²) < 4.78 is 13.0. The highest BCUT2D eigenvalue weighted by atomic mass is 35.5. The average molecular weight is 374 g/mol. The van der Waals surface area contributed by atoms with Gasteiger partial charge in [-0.05, 0) is 12.1 Å². The van der Waals surface area contributed by atoms with Crippen molar-refractivity contribution < 1.29 is 14.3 Å². The molecule has 1 aromatic carbocycles. The quantitative estimate of drug-likeness (QED) is 0.553. The maximum absolute atomic E-state index is 12.0. The molecule has 2 N–H and O–H groups in total. The van der Waals surface area contributed by atoms with E-state index in [0.717, 1.165) is 0 Å². The average Bonchev–Trinajstić information content (AvgIpc) is 3.27. The lowest BCUT2D eigenvalue weighted by molar-refractivity contribution is 0.0390. The Bertz CT molecular complexity index is 946. The number of fused-ring (bicyclic) bond motifs is 1. The number of anilines is 1. The summed E-state index contributed by atoms with van der Waals surface area (Å²) in [6.07, 6.45) is 1.99. The minimum absolute atomic E-state index is 0.0792. The van der Waals surface area contributed by atoms with E-state index in [1.54, 1.807) is 35.2 Å². The summed E-state index contributed by atoms with van der Waals surface area (Å²) in [4.78, 5) is 24.4. The van der Waals surface area contributed by atoms with Gasteiger partial charge in [0.05, 0.1) is 25.1 Å². The zero-order valence-corrected chi connectivity index (χ0v) is 14.5. The second-order valence-electron chi connectivity index (χ2n) is 6.05. The standard InChI is InChI=1S/C17H16ClN5O3/c18-14-13-15(22-17(19)21-14)23(9-20-13)12-6-10(7-25-12)8-26-16(24)11-4-2-1-3-5-11/h1-5,9-10,12H,6-8H2,(H2,19,21,22). The van der Waals surface area contributed by atoms with Gasteiger partial charge in [-0.25, -0.2) is 9.78 Å². The van der Waals surface area contributed by atoms with Crippen molar-refractivity contribution in [3.63, 3.8) is 0 Å². The van der Waals surface area contributed by atoms with Crippen LogP contribution in [0.25, 0.3) is 11.2 Å². The Morgan fingerprint density at radius 2 is 2.15 bits per heavy atom. The Balaban J connectivity index is 1.42. The number of nitrogens with two attached hydrogens (primary N) is 1. The maximum Gasteiger partial charge on any atom is 0.338 e. The Kier molecular flexibility index (Phi) is 4.44. The number of esters is 1. The first kappa shape index (κ1) is 16.7. The van der Waals surface area contributed by atoms with Crippen molar-refractivity contribution in [1.29, 1.82) is 0 Å². The number of rotatable bonds is 4. The molecule has 0 bridgehead atoms. The summed E-state index contributed by atoms with van der Waals surface area (Å²) in [6.45, 7) is 0.759. The van der Waals surface area contributed by atoms with Gasteiger partial charge in [0, 0.05) is 12.3 Å². The van der Waals surface area contributed by atoms with Gasteiger partial charge in [0.25, 0.3) is 0 Å². The Labute approximate surface area is 153 Å². The van der Waals surface area contributed by atoms with E-state index in [-0.39, 0.29) is 35.8 Å². The minimum atomic E-state index is -0.338. The molecule has 0 aliphatic carbocycles. The predicted octanol–water partition coefficient (Wildman–Crippen LogP) is 2.45. The number of hydrogen-bond acceptors (Lipinski definition) is 7. The number of halogens is 1. The van der Waals surface area contributed by atoms with Gasteiger partial charge in [0.2, 0.25) is 5.95 Å². The number of nitrogen functional groups attached to an aromatic ring is 1. The molecule has 3 heterocycles. The number of benzene rings is 1. The van der Waals surface area contributed by atoms with E-state index in [9.17, 15) is 4.79 Å². The van der Waals surface area contributed by atoms with Crippen molar-refractivity contribution in [2.75, 3.05) is 18.9 Å². The lowest BCUT2D eigenvalue weighted by Crippen LogP contribution is -2.14. The number of aromatic nitrogens is 4. The molecular weight excluding hydrogens is 358 g/mol. The predicted molar refractivity (Wildman–Crippen MR) is 94.6 cm³/mol. The van der Waals surface area contributed by atoms with Crippen LogP contribution < -0.4 is 5.73 Å². The molecule has 3 aromatic rings. The molecule has 4 rings (SSSR count). The van der Waals surface area contributed by atoms with E-state index < -0.39 is 0 Å². The third kappa shape index (κ3) is 3.21. The number of carbonyl (C=O) groups excluding carboxylic acids is 1. The fourth-order valence-electron chi connectivity index (χ4n) is 2.94. The van der Waals surface area contributed by atoms with Crippen LogP contribution >= 0.6 is 11.6 Å². The molecule has 0 amide bonds. The summed E-state index contributed by atoms with van der Waals surface area (Å²) in [5, 5.41) is 0.206. The number of carbonyl (C=O) groups is 1. The zero-order chi connectivity index (χ0) is 18.1. The van der Waals surface area contributed by atoms with Gasteiger partial charge in [0.1, 0.15) is 11.7 Å². The van der Waals surface area contributed by atoms with E-state index in [2.05, 4.69) is 15.0 Å². The highest BCUT2D eigenvalue weighted by molar-refractivity contribution is 6.33. The van der Waals surface area contributed by atoms with E-state index in [1.165, 1.54) is 0 Å². The molecule has 9 heteroatoms. The van der Waals surface area contributed by atoms with Gasteiger partial charge in [-0.2, -0.15) is 9.97 Å². The molecule has 0 radical (unpaired) electrons. The van der Waals surface area contributed by atoms with E-state index in [4.69, 9.17) is 26.8 Å². The fourth-order valence-corrected chi connectivity index (χ4v) is 3.16. The van der Waals surface area contributed by atoms with E-state index in [0.29, 0.717) is 29.8 Å². The highest BCUT2D eigenvalue weighted by Crippen LogP contribution is 2.31. The SMILES string of the molecule is Nc1nc(Cl)c2ncn(C3CC(COC(=O)c4ccccc4)CO3)c2n1. The third-order valence-electron chi connectivity index (χ3n) is 4.23. The molecule has 1 aliphatic rings. The topological polar surface area (TPSA) is 105 Å². The maximum atomic E-state index is 12.0. The summed E-state index contributed by atoms with van der Waals surface area (Å²) >= 11 is 6.05. The molecular formula is C17H16ClN5O3. The van der Waals surface area contributed by atoms with E-state index in [1.807, 2.05) is 6.07 Å². The molecule has 1 saturated heterocycles. The van der Waals surface area contributed by atoms with Gasteiger partial charge in [0.15, 0.2) is 10.8 Å². The molecule has 2 atom stereocenters. The summed E-state index contributed by atoms with van der Waals surface area (Å²) in [7, 11) is 0. The van der Waals surface area contributed by atoms with Crippen LogP contribution in [0.5, 0.6) is 0 Å². The first-order chi connectivity index (χ1) is 12.6. The molecule has 2 unspecified atom stereocenters. The molecule has 0 saturated carbocycles. The Hall–Kier alpha value is -2.71. The van der Waals surface area contributed by atoms with Crippen LogP contribution in [0.3, 0.4) is 0 Å². The van der Waals surface area contributed by atoms with Gasteiger partial charge in [-0.1, -0.05) is 29.8 Å². The van der Waals surface area contributed by atoms with Crippen LogP contribution in [0.15, 0.2) is 36.7 Å². The van der Waals surface area contributed by atoms with Gasteiger partial charge in [-0.15, -0.1) is 0 Å². The molecule has 26 heavy (non-hydrogen) atoms. The van der Waals surface area contributed by atoms with Crippen molar-refractivity contribution >= 4 is 34.7 Å². The lowest BCUT2D eigenvalue weighted by atomic mass is 10.1. The van der Waals surface area contributed by atoms with Crippen LogP contribution in [0, 0.1) is 5.92 Å². The van der Waals surface area contributed by atoms with Crippen molar-refractivity contribution in [3.05, 3.63) is 47.4 Å². The number of ether oxygens (including phenoxy) is 2. The van der Waals surface area contributed by atoms with Gasteiger partial charge in [-0.3, -0.25) is 4.57 Å². The summed E-state index contributed by atoms with van der Waals surface area (Å²) in [6, 6.07) is 8.90. The smallest absolute Gasteiger partial charge is 0.338 e. The van der Waals surface area contributed by atoms with Crippen molar-refractivity contribution in [2.45, 2.75) is 12.6 Å². The second kappa shape index (κ2) is 6.89.